The van der Waals surface area contributed by atoms with Crippen molar-refractivity contribution in [3.63, 3.8) is 0 Å². The second-order valence-electron chi connectivity index (χ2n) is 7.50. The summed E-state index contributed by atoms with van der Waals surface area (Å²) < 4.78 is 15.0. The summed E-state index contributed by atoms with van der Waals surface area (Å²) in [5.41, 5.74) is -0.275. The number of hydrogen-bond acceptors (Lipinski definition) is 7. The SMILES string of the molecule is COC(=O)C(C(=O)OC)[C@@H](c1ccccc1)[C@@H]1C=CC(=O)N1C(=O)OC(C)(C)C. The van der Waals surface area contributed by atoms with Gasteiger partial charge in [0.25, 0.3) is 5.91 Å². The summed E-state index contributed by atoms with van der Waals surface area (Å²) >= 11 is 0. The van der Waals surface area contributed by atoms with Crippen LogP contribution < -0.4 is 0 Å². The Bertz CT molecular complexity index is 794. The highest BCUT2D eigenvalue weighted by atomic mass is 16.6. The highest BCUT2D eigenvalue weighted by Crippen LogP contribution is 2.36. The number of methoxy groups -OCH3 is 2. The smallest absolute Gasteiger partial charge is 0.417 e. The van der Waals surface area contributed by atoms with E-state index in [1.165, 1.54) is 12.2 Å². The number of imide groups is 1. The van der Waals surface area contributed by atoms with Gasteiger partial charge in [-0.1, -0.05) is 36.4 Å². The average Bonchev–Trinajstić information content (AvgIpc) is 3.05. The molecule has 0 N–H and O–H groups in total. The van der Waals surface area contributed by atoms with E-state index in [0.717, 1.165) is 19.1 Å². The Balaban J connectivity index is 2.56. The van der Waals surface area contributed by atoms with Gasteiger partial charge >= 0.3 is 18.0 Å². The molecule has 29 heavy (non-hydrogen) atoms. The third-order valence-corrected chi connectivity index (χ3v) is 4.38. The van der Waals surface area contributed by atoms with Gasteiger partial charge in [0, 0.05) is 12.0 Å². The van der Waals surface area contributed by atoms with Crippen LogP contribution in [0.1, 0.15) is 32.3 Å². The van der Waals surface area contributed by atoms with Crippen LogP contribution in [0.5, 0.6) is 0 Å². The molecule has 1 aliphatic rings. The lowest BCUT2D eigenvalue weighted by Gasteiger charge is -2.34. The van der Waals surface area contributed by atoms with E-state index in [4.69, 9.17) is 14.2 Å². The second kappa shape index (κ2) is 8.89. The van der Waals surface area contributed by atoms with Crippen molar-refractivity contribution in [1.29, 1.82) is 0 Å². The average molecular weight is 403 g/mol. The molecule has 0 spiro atoms. The van der Waals surface area contributed by atoms with Crippen LogP contribution in [0.15, 0.2) is 42.5 Å². The first-order chi connectivity index (χ1) is 13.6. The minimum Gasteiger partial charge on any atom is -0.468 e. The van der Waals surface area contributed by atoms with Crippen LogP contribution in [0.4, 0.5) is 4.79 Å². The van der Waals surface area contributed by atoms with Crippen LogP contribution in [0.3, 0.4) is 0 Å². The standard InChI is InChI=1S/C21H25NO7/c1-21(2,3)29-20(26)22-14(11-12-15(22)23)16(13-9-7-6-8-10-13)17(18(24)27-4)19(25)28-5/h6-12,14,16-17H,1-5H3/t14-,16-/m0/s1. The third kappa shape index (κ3) is 5.01. The molecule has 2 amide bonds. The van der Waals surface area contributed by atoms with E-state index >= 15 is 0 Å². The predicted molar refractivity (Wildman–Crippen MR) is 103 cm³/mol. The molecule has 0 radical (unpaired) electrons. The van der Waals surface area contributed by atoms with Crippen LogP contribution in [-0.4, -0.2) is 54.7 Å². The van der Waals surface area contributed by atoms with Crippen molar-refractivity contribution in [2.75, 3.05) is 14.2 Å². The fourth-order valence-corrected chi connectivity index (χ4v) is 3.20. The highest BCUT2D eigenvalue weighted by molar-refractivity contribution is 6.02. The number of esters is 2. The fraction of sp³-hybridized carbons (Fsp3) is 0.429. The third-order valence-electron chi connectivity index (χ3n) is 4.38. The van der Waals surface area contributed by atoms with Crippen molar-refractivity contribution in [3.05, 3.63) is 48.0 Å². The monoisotopic (exact) mass is 403 g/mol. The number of ether oxygens (including phenoxy) is 3. The highest BCUT2D eigenvalue weighted by Gasteiger charge is 2.48. The topological polar surface area (TPSA) is 99.2 Å². The lowest BCUT2D eigenvalue weighted by molar-refractivity contribution is -0.161. The summed E-state index contributed by atoms with van der Waals surface area (Å²) in [5.74, 6) is -4.58. The van der Waals surface area contributed by atoms with Crippen molar-refractivity contribution < 1.29 is 33.4 Å². The van der Waals surface area contributed by atoms with Gasteiger partial charge in [-0.25, -0.2) is 9.69 Å². The maximum absolute atomic E-state index is 12.7. The Labute approximate surface area is 169 Å². The van der Waals surface area contributed by atoms with Gasteiger partial charge in [-0.3, -0.25) is 14.4 Å². The number of carbonyl (C=O) groups is 4. The quantitative estimate of drug-likeness (QED) is 0.423. The van der Waals surface area contributed by atoms with Crippen LogP contribution in [-0.2, 0) is 28.6 Å². The zero-order valence-corrected chi connectivity index (χ0v) is 17.1. The largest absolute Gasteiger partial charge is 0.468 e. The Hall–Kier alpha value is -3.16. The van der Waals surface area contributed by atoms with E-state index in [9.17, 15) is 19.2 Å². The Kier molecular flexibility index (Phi) is 6.79. The number of rotatable bonds is 5. The maximum Gasteiger partial charge on any atom is 0.417 e. The summed E-state index contributed by atoms with van der Waals surface area (Å²) in [7, 11) is 2.31. The molecule has 156 valence electrons. The van der Waals surface area contributed by atoms with Crippen molar-refractivity contribution in [1.82, 2.24) is 4.90 Å². The molecule has 0 fully saturated rings. The van der Waals surface area contributed by atoms with Gasteiger partial charge in [-0.05, 0) is 26.3 Å². The molecule has 0 aliphatic carbocycles. The van der Waals surface area contributed by atoms with Crippen molar-refractivity contribution in [2.45, 2.75) is 38.3 Å². The molecule has 0 bridgehead atoms. The minimum absolute atomic E-state index is 0.561. The lowest BCUT2D eigenvalue weighted by atomic mass is 9.80. The minimum atomic E-state index is -1.39. The normalized spacial score (nSPS) is 17.2. The lowest BCUT2D eigenvalue weighted by Crippen LogP contribution is -2.48. The molecule has 1 aromatic carbocycles. The Morgan fingerprint density at radius 3 is 2.03 bits per heavy atom. The number of hydrogen-bond donors (Lipinski definition) is 0. The molecule has 0 unspecified atom stereocenters. The van der Waals surface area contributed by atoms with Crippen molar-refractivity contribution >= 4 is 23.9 Å². The second-order valence-corrected chi connectivity index (χ2v) is 7.50. The molecule has 2 atom stereocenters. The Morgan fingerprint density at radius 2 is 1.55 bits per heavy atom. The summed E-state index contributed by atoms with van der Waals surface area (Å²) in [4.78, 5) is 51.1. The molecule has 8 heteroatoms. The Morgan fingerprint density at radius 1 is 1.00 bits per heavy atom. The van der Waals surface area contributed by atoms with Gasteiger partial charge in [-0.2, -0.15) is 0 Å². The van der Waals surface area contributed by atoms with Gasteiger partial charge in [0.2, 0.25) is 0 Å². The number of benzene rings is 1. The first-order valence-corrected chi connectivity index (χ1v) is 9.05. The zero-order valence-electron chi connectivity index (χ0n) is 17.1. The summed E-state index contributed by atoms with van der Waals surface area (Å²) in [6.07, 6.45) is 1.82. The van der Waals surface area contributed by atoms with Gasteiger partial charge in [-0.15, -0.1) is 0 Å². The molecule has 0 saturated heterocycles. The molecule has 8 nitrogen and oxygen atoms in total. The van der Waals surface area contributed by atoms with E-state index in [1.54, 1.807) is 51.1 Å². The fourth-order valence-electron chi connectivity index (χ4n) is 3.20. The molecule has 1 heterocycles. The summed E-state index contributed by atoms with van der Waals surface area (Å²) in [6, 6.07) is 7.69. The molecule has 1 aliphatic heterocycles. The predicted octanol–water partition coefficient (Wildman–Crippen LogP) is 2.43. The molecular weight excluding hydrogens is 378 g/mol. The number of nitrogens with zero attached hydrogens (tertiary/aromatic N) is 1. The van der Waals surface area contributed by atoms with E-state index in [0.29, 0.717) is 5.56 Å². The van der Waals surface area contributed by atoms with Gasteiger partial charge in [0.1, 0.15) is 5.60 Å². The first kappa shape index (κ1) is 22.1. The number of amides is 2. The van der Waals surface area contributed by atoms with Crippen LogP contribution in [0.25, 0.3) is 0 Å². The van der Waals surface area contributed by atoms with E-state index < -0.39 is 47.4 Å². The summed E-state index contributed by atoms with van der Waals surface area (Å²) in [6.45, 7) is 5.02. The van der Waals surface area contributed by atoms with Crippen molar-refractivity contribution in [2.24, 2.45) is 5.92 Å². The maximum atomic E-state index is 12.7. The van der Waals surface area contributed by atoms with E-state index in [2.05, 4.69) is 0 Å². The molecule has 2 rings (SSSR count). The van der Waals surface area contributed by atoms with E-state index in [1.807, 2.05) is 0 Å². The van der Waals surface area contributed by atoms with E-state index in [-0.39, 0.29) is 0 Å². The van der Waals surface area contributed by atoms with Crippen LogP contribution >= 0.6 is 0 Å². The molecular formula is C21H25NO7. The van der Waals surface area contributed by atoms with Gasteiger partial charge in [0.05, 0.1) is 20.3 Å². The van der Waals surface area contributed by atoms with Crippen LogP contribution in [0.2, 0.25) is 0 Å². The number of carbonyl (C=O) groups excluding carboxylic acids is 4. The van der Waals surface area contributed by atoms with Gasteiger partial charge < -0.3 is 14.2 Å². The summed E-state index contributed by atoms with van der Waals surface area (Å²) in [5, 5.41) is 0. The van der Waals surface area contributed by atoms with Crippen LogP contribution in [0, 0.1) is 5.92 Å². The van der Waals surface area contributed by atoms with Crippen molar-refractivity contribution in [3.8, 4) is 0 Å². The molecule has 1 aromatic rings. The molecule has 0 aromatic heterocycles. The zero-order chi connectivity index (χ0) is 21.8. The molecule has 0 saturated carbocycles. The van der Waals surface area contributed by atoms with Gasteiger partial charge in [0.15, 0.2) is 5.92 Å². The first-order valence-electron chi connectivity index (χ1n) is 9.05.